The summed E-state index contributed by atoms with van der Waals surface area (Å²) in [6, 6.07) is 10.0. The number of carbonyl (C=O) groups excluding carboxylic acids is 4. The normalized spacial score (nSPS) is 18.5. The topological polar surface area (TPSA) is 213 Å². The molecule has 3 aliphatic rings. The third-order valence-corrected chi connectivity index (χ3v) is 13.7. The third-order valence-electron chi connectivity index (χ3n) is 13.7. The van der Waals surface area contributed by atoms with Crippen LogP contribution >= 0.6 is 0 Å². The zero-order chi connectivity index (χ0) is 54.4. The molecule has 3 saturated heterocycles. The Morgan fingerprint density at radius 3 is 1.96 bits per heavy atom. The first-order chi connectivity index (χ1) is 35.4. The Kier molecular flexibility index (Phi) is 17.3. The SMILES string of the molecule is COC(=O)N[C@H](C(=O)NN(Cc1c(F)cc(-c2ncccn2)cc1F)C[C@H](O)[C@H](Cc1ccc(C#Cc2ccc(N3C[C@H]4C[C@@H]3CN4C3COC3)nc2)cc1)NC(=O)[C@@H](NC(=O)OC)C(C)(C)C(F)(F)F)C(C)(C)C. The number of nitrogens with one attached hydrogen (secondary N) is 4. The second-order valence-electron chi connectivity index (χ2n) is 20.4. The monoisotopic (exact) mass is 1050 g/mol. The van der Waals surface area contributed by atoms with Crippen LogP contribution in [0.2, 0.25) is 0 Å². The largest absolute Gasteiger partial charge is 0.453 e. The van der Waals surface area contributed by atoms with Crippen molar-refractivity contribution < 1.29 is 60.4 Å². The molecule has 5 heterocycles. The number of fused-ring (bicyclic) bond motifs is 2. The van der Waals surface area contributed by atoms with Crippen molar-refractivity contribution in [2.45, 2.75) is 103 Å². The summed E-state index contributed by atoms with van der Waals surface area (Å²) < 4.78 is 90.3. The number of benzene rings is 2. The van der Waals surface area contributed by atoms with Gasteiger partial charge in [0.2, 0.25) is 5.91 Å². The maximum atomic E-state index is 16.0. The number of amides is 4. The number of aromatic nitrogens is 3. The number of pyridine rings is 1. The summed E-state index contributed by atoms with van der Waals surface area (Å²) in [5.74, 6) is 2.59. The molecule has 7 rings (SSSR count). The molecule has 2 bridgehead atoms. The third kappa shape index (κ3) is 13.5. The molecule has 23 heteroatoms. The summed E-state index contributed by atoms with van der Waals surface area (Å²) in [5.41, 5.74) is -0.338. The van der Waals surface area contributed by atoms with Gasteiger partial charge in [-0.2, -0.15) is 13.2 Å². The van der Waals surface area contributed by atoms with Crippen molar-refractivity contribution in [3.63, 3.8) is 0 Å². The van der Waals surface area contributed by atoms with E-state index in [9.17, 15) is 37.5 Å². The minimum Gasteiger partial charge on any atom is -0.453 e. The number of rotatable bonds is 17. The summed E-state index contributed by atoms with van der Waals surface area (Å²) in [6.07, 6.45) is -3.97. The average Bonchev–Trinajstić information content (AvgIpc) is 3.96. The lowest BCUT2D eigenvalue weighted by Gasteiger charge is -2.42. The van der Waals surface area contributed by atoms with Gasteiger partial charge >= 0.3 is 18.4 Å². The van der Waals surface area contributed by atoms with Gasteiger partial charge in [0, 0.05) is 79.1 Å². The maximum absolute atomic E-state index is 16.0. The Morgan fingerprint density at radius 2 is 1.43 bits per heavy atom. The Bertz CT molecular complexity index is 2710. The van der Waals surface area contributed by atoms with Crippen LogP contribution in [0, 0.1) is 34.3 Å². The molecule has 0 aliphatic carbocycles. The number of aliphatic hydroxyl groups excluding tert-OH is 1. The zero-order valence-electron chi connectivity index (χ0n) is 42.5. The van der Waals surface area contributed by atoms with Gasteiger partial charge < -0.3 is 40.2 Å². The highest BCUT2D eigenvalue weighted by atomic mass is 19.4. The van der Waals surface area contributed by atoms with Crippen LogP contribution in [-0.4, -0.2) is 150 Å². The van der Waals surface area contributed by atoms with Gasteiger partial charge in [0.05, 0.1) is 51.0 Å². The fourth-order valence-corrected chi connectivity index (χ4v) is 9.15. The molecule has 0 spiro atoms. The standard InChI is InChI=1S/C52H61F5N10O8/c1-50(2,3)43(62-48(71)73-6)47(70)64-65(26-37-38(53)20-33(21-39(37)54)45-58-17-8-18-59-45)27-41(68)40(61-46(69)44(63-49(72)74-7)51(4,5)52(55,56)57)19-31-12-9-30(10-13-31)11-14-32-15-16-42(60-23-32)67-25-34-22-35(67)24-66(34)36-28-75-29-36/h8-10,12-13,15-18,20-21,23,34-36,40-41,43-44,68H,19,22,24-29H2,1-7H3,(H,61,69)(H,62,71)(H,63,72)(H,64,70)/t34-,35-,40+,41+,43-,44-/m1/s1. The number of hydrogen-bond donors (Lipinski definition) is 5. The quantitative estimate of drug-likeness (QED) is 0.0542. The van der Waals surface area contributed by atoms with Crippen LogP contribution in [0.5, 0.6) is 0 Å². The van der Waals surface area contributed by atoms with E-state index in [4.69, 9.17) is 14.5 Å². The Labute approximate surface area is 431 Å². The van der Waals surface area contributed by atoms with Gasteiger partial charge in [-0.05, 0) is 80.1 Å². The number of alkyl halides is 3. The molecule has 4 aromatic rings. The smallest absolute Gasteiger partial charge is 0.407 e. The van der Waals surface area contributed by atoms with E-state index in [1.807, 2.05) is 17.4 Å². The van der Waals surface area contributed by atoms with Crippen molar-refractivity contribution in [3.8, 4) is 23.2 Å². The fourth-order valence-electron chi connectivity index (χ4n) is 9.15. The summed E-state index contributed by atoms with van der Waals surface area (Å²) in [4.78, 5) is 70.6. The highest BCUT2D eigenvalue weighted by Crippen LogP contribution is 2.41. The summed E-state index contributed by atoms with van der Waals surface area (Å²) in [6.45, 7) is 8.16. The molecule has 75 heavy (non-hydrogen) atoms. The van der Waals surface area contributed by atoms with E-state index in [0.717, 1.165) is 69.9 Å². The number of piperazine rings is 1. The maximum Gasteiger partial charge on any atom is 0.407 e. The first-order valence-electron chi connectivity index (χ1n) is 24.2. The van der Waals surface area contributed by atoms with E-state index in [2.05, 4.69) is 52.4 Å². The van der Waals surface area contributed by atoms with E-state index < -0.39 is 95.5 Å². The van der Waals surface area contributed by atoms with Crippen LogP contribution in [0.3, 0.4) is 0 Å². The molecule has 4 amide bonds. The van der Waals surface area contributed by atoms with Gasteiger partial charge in [-0.3, -0.25) is 19.9 Å². The Morgan fingerprint density at radius 1 is 0.813 bits per heavy atom. The number of hydrazine groups is 1. The number of nitrogens with zero attached hydrogens (tertiary/aromatic N) is 6. The zero-order valence-corrected chi connectivity index (χ0v) is 42.5. The lowest BCUT2D eigenvalue weighted by atomic mass is 9.82. The van der Waals surface area contributed by atoms with Gasteiger partial charge in [0.25, 0.3) is 5.91 Å². The molecular formula is C52H61F5N10O8. The van der Waals surface area contributed by atoms with Gasteiger partial charge in [0.1, 0.15) is 29.5 Å². The van der Waals surface area contributed by atoms with Crippen molar-refractivity contribution in [1.29, 1.82) is 0 Å². The van der Waals surface area contributed by atoms with Gasteiger partial charge in [-0.25, -0.2) is 38.3 Å². The highest BCUT2D eigenvalue weighted by Gasteiger charge is 2.56. The van der Waals surface area contributed by atoms with Crippen LogP contribution in [0.15, 0.2) is 73.2 Å². The predicted octanol–water partition coefficient (Wildman–Crippen LogP) is 4.88. The lowest BCUT2D eigenvalue weighted by molar-refractivity contribution is -0.220. The number of alkyl carbamates (subject to hydrolysis) is 2. The molecule has 18 nitrogen and oxygen atoms in total. The second-order valence-corrected chi connectivity index (χ2v) is 20.4. The molecule has 2 aromatic heterocycles. The molecule has 0 saturated carbocycles. The predicted molar refractivity (Wildman–Crippen MR) is 263 cm³/mol. The number of likely N-dealkylation sites (tertiary alicyclic amines) is 1. The van der Waals surface area contributed by atoms with E-state index in [-0.39, 0.29) is 17.8 Å². The van der Waals surface area contributed by atoms with Crippen molar-refractivity contribution in [3.05, 3.63) is 107 Å². The fraction of sp³-hybridized carbons (Fsp3) is 0.481. The van der Waals surface area contributed by atoms with E-state index in [1.54, 1.807) is 51.2 Å². The number of hydrogen-bond acceptors (Lipinski definition) is 14. The number of aliphatic hydroxyl groups is 1. The molecule has 6 atom stereocenters. The average molecular weight is 1050 g/mol. The molecule has 0 unspecified atom stereocenters. The van der Waals surface area contributed by atoms with Gasteiger partial charge in [-0.1, -0.05) is 44.7 Å². The van der Waals surface area contributed by atoms with Crippen molar-refractivity contribution >= 4 is 29.8 Å². The van der Waals surface area contributed by atoms with Crippen molar-refractivity contribution in [1.82, 2.24) is 46.2 Å². The minimum atomic E-state index is -5.06. The number of methoxy groups -OCH3 is 2. The van der Waals surface area contributed by atoms with Crippen LogP contribution in [-0.2, 0) is 36.8 Å². The Balaban J connectivity index is 1.15. The number of anilines is 1. The van der Waals surface area contributed by atoms with Crippen LogP contribution in [0.1, 0.15) is 63.3 Å². The first kappa shape index (κ1) is 55.7. The number of ether oxygens (including phenoxy) is 3. The van der Waals surface area contributed by atoms with Crippen molar-refractivity contribution in [2.75, 3.05) is 52.0 Å². The summed E-state index contributed by atoms with van der Waals surface area (Å²) >= 11 is 0. The first-order valence-corrected chi connectivity index (χ1v) is 24.2. The molecule has 3 aliphatic heterocycles. The van der Waals surface area contributed by atoms with E-state index in [0.29, 0.717) is 48.7 Å². The van der Waals surface area contributed by atoms with Gasteiger partial charge in [-0.15, -0.1) is 0 Å². The summed E-state index contributed by atoms with van der Waals surface area (Å²) in [7, 11) is 1.98. The van der Waals surface area contributed by atoms with Crippen LogP contribution in [0.25, 0.3) is 11.4 Å². The highest BCUT2D eigenvalue weighted by molar-refractivity contribution is 5.87. The van der Waals surface area contributed by atoms with Gasteiger partial charge in [0.15, 0.2) is 5.82 Å². The van der Waals surface area contributed by atoms with Crippen LogP contribution in [0.4, 0.5) is 37.4 Å². The molecule has 2 aromatic carbocycles. The molecule has 402 valence electrons. The van der Waals surface area contributed by atoms with E-state index in [1.165, 1.54) is 18.5 Å². The van der Waals surface area contributed by atoms with E-state index >= 15 is 8.78 Å². The molecular weight excluding hydrogens is 988 g/mol. The minimum absolute atomic E-state index is 0.00968. The lowest BCUT2D eigenvalue weighted by Crippen LogP contribution is -2.63. The number of carbonyl (C=O) groups is 4. The number of halogens is 5. The Hall–Kier alpha value is -7.00. The molecule has 3 fully saturated rings. The second kappa shape index (κ2) is 23.3. The molecule has 5 N–H and O–H groups in total. The molecule has 0 radical (unpaired) electrons. The van der Waals surface area contributed by atoms with Crippen molar-refractivity contribution in [2.24, 2.45) is 10.8 Å². The summed E-state index contributed by atoms with van der Waals surface area (Å²) in [5, 5.41) is 19.9. The van der Waals surface area contributed by atoms with Crippen LogP contribution < -0.4 is 26.3 Å².